The number of nitrogens with zero attached hydrogens (tertiary/aromatic N) is 5. The molecule has 0 radical (unpaired) electrons. The third-order valence-corrected chi connectivity index (χ3v) is 5.58. The lowest BCUT2D eigenvalue weighted by Crippen LogP contribution is -2.01. The topological polar surface area (TPSA) is 108 Å². The summed E-state index contributed by atoms with van der Waals surface area (Å²) in [6.45, 7) is -0.205. The van der Waals surface area contributed by atoms with Crippen LogP contribution in [-0.2, 0) is 6.61 Å². The van der Waals surface area contributed by atoms with Gasteiger partial charge in [0.15, 0.2) is 5.82 Å². The number of hydrogen-bond donors (Lipinski definition) is 2. The molecule has 7 nitrogen and oxygen atoms in total. The van der Waals surface area contributed by atoms with E-state index < -0.39 is 0 Å². The zero-order valence-electron chi connectivity index (χ0n) is 14.0. The summed E-state index contributed by atoms with van der Waals surface area (Å²) in [6, 6.07) is 6.91. The Kier molecular flexibility index (Phi) is 5.07. The van der Waals surface area contributed by atoms with Gasteiger partial charge in [-0.2, -0.15) is 5.26 Å². The lowest BCUT2D eigenvalue weighted by molar-refractivity contribution is 0.281. The van der Waals surface area contributed by atoms with Crippen LogP contribution in [0.4, 0.5) is 11.6 Å². The second kappa shape index (κ2) is 7.66. The molecule has 138 valence electrons. The highest BCUT2D eigenvalue weighted by atomic mass is 35.5. The van der Waals surface area contributed by atoms with Gasteiger partial charge >= 0.3 is 0 Å². The molecule has 0 unspecified atom stereocenters. The highest BCUT2D eigenvalue weighted by molar-refractivity contribution is 7.22. The molecule has 0 spiro atoms. The second-order valence-electron chi connectivity index (χ2n) is 5.63. The number of nitriles is 1. The molecule has 28 heavy (non-hydrogen) atoms. The van der Waals surface area contributed by atoms with E-state index in [1.165, 1.54) is 23.9 Å². The number of fused-ring (bicyclic) bond motifs is 1. The molecule has 0 bridgehead atoms. The van der Waals surface area contributed by atoms with E-state index in [-0.39, 0.29) is 6.61 Å². The summed E-state index contributed by atoms with van der Waals surface area (Å²) in [5, 5.41) is 22.9. The van der Waals surface area contributed by atoms with Crippen molar-refractivity contribution >= 4 is 56.4 Å². The lowest BCUT2D eigenvalue weighted by atomic mass is 10.1. The predicted octanol–water partition coefficient (Wildman–Crippen LogP) is 4.56. The van der Waals surface area contributed by atoms with Crippen LogP contribution in [0, 0.1) is 11.3 Å². The Morgan fingerprint density at radius 3 is 2.68 bits per heavy atom. The maximum absolute atomic E-state index is 9.46. The molecule has 1 aromatic carbocycles. The third-order valence-electron chi connectivity index (χ3n) is 3.88. The van der Waals surface area contributed by atoms with Gasteiger partial charge in [0.25, 0.3) is 0 Å². The fourth-order valence-electron chi connectivity index (χ4n) is 2.59. The zero-order chi connectivity index (χ0) is 19.7. The highest BCUT2D eigenvalue weighted by Gasteiger charge is 2.17. The minimum Gasteiger partial charge on any atom is -0.391 e. The van der Waals surface area contributed by atoms with E-state index in [0.29, 0.717) is 48.9 Å². The molecular weight excluding hydrogens is 419 g/mol. The molecule has 0 atom stereocenters. The Morgan fingerprint density at radius 2 is 1.96 bits per heavy atom. The molecule has 0 amide bonds. The molecule has 0 fully saturated rings. The molecule has 3 heterocycles. The second-order valence-corrected chi connectivity index (χ2v) is 7.45. The average molecular weight is 429 g/mol. The Labute approximate surface area is 173 Å². The van der Waals surface area contributed by atoms with Crippen LogP contribution in [0.25, 0.3) is 20.8 Å². The quantitative estimate of drug-likeness (QED) is 0.490. The van der Waals surface area contributed by atoms with E-state index in [1.54, 1.807) is 24.4 Å². The van der Waals surface area contributed by atoms with Gasteiger partial charge in [-0.15, -0.1) is 11.3 Å². The molecule has 4 rings (SSSR count). The van der Waals surface area contributed by atoms with E-state index in [4.69, 9.17) is 28.5 Å². The smallest absolute Gasteiger partial charge is 0.151 e. The van der Waals surface area contributed by atoms with Gasteiger partial charge in [0.05, 0.1) is 38.5 Å². The maximum atomic E-state index is 9.46. The van der Waals surface area contributed by atoms with Crippen molar-refractivity contribution in [2.45, 2.75) is 6.61 Å². The first-order valence-corrected chi connectivity index (χ1v) is 9.49. The van der Waals surface area contributed by atoms with Gasteiger partial charge in [-0.1, -0.05) is 23.2 Å². The number of aromatic nitrogens is 4. The van der Waals surface area contributed by atoms with Crippen LogP contribution >= 0.6 is 34.5 Å². The van der Waals surface area contributed by atoms with Gasteiger partial charge in [0, 0.05) is 23.5 Å². The molecule has 4 aromatic rings. The van der Waals surface area contributed by atoms with Crippen LogP contribution in [0.15, 0.2) is 36.9 Å². The van der Waals surface area contributed by atoms with Gasteiger partial charge in [-0.05, 0) is 18.2 Å². The van der Waals surface area contributed by atoms with Crippen LogP contribution < -0.4 is 5.32 Å². The first-order valence-electron chi connectivity index (χ1n) is 7.92. The van der Waals surface area contributed by atoms with E-state index >= 15 is 0 Å². The Hall–Kier alpha value is -2.83. The van der Waals surface area contributed by atoms with Crippen LogP contribution in [-0.4, -0.2) is 25.0 Å². The van der Waals surface area contributed by atoms with E-state index in [1.807, 2.05) is 6.07 Å². The minimum absolute atomic E-state index is 0.205. The molecular formula is C18H10Cl2N6OS. The molecule has 0 aliphatic heterocycles. The summed E-state index contributed by atoms with van der Waals surface area (Å²) in [7, 11) is 0. The van der Waals surface area contributed by atoms with Gasteiger partial charge in [-0.3, -0.25) is 0 Å². The summed E-state index contributed by atoms with van der Waals surface area (Å²) < 4.78 is 0.775. The number of halogens is 2. The summed E-state index contributed by atoms with van der Waals surface area (Å²) in [6.07, 6.45) is 4.54. The predicted molar refractivity (Wildman–Crippen MR) is 109 cm³/mol. The number of benzene rings is 1. The number of hydrogen-bond acceptors (Lipinski definition) is 8. The SMILES string of the molecule is N#Cc1cc(Cl)c(-c2nc3ccnc(Nc4ncncc4CO)c3s2)c(Cl)c1. The molecule has 10 heteroatoms. The van der Waals surface area contributed by atoms with Crippen molar-refractivity contribution in [1.82, 2.24) is 19.9 Å². The van der Waals surface area contributed by atoms with Crippen molar-refractivity contribution < 1.29 is 5.11 Å². The number of nitrogens with one attached hydrogen (secondary N) is 1. The van der Waals surface area contributed by atoms with Gasteiger partial charge in [0.1, 0.15) is 17.2 Å². The van der Waals surface area contributed by atoms with Crippen LogP contribution in [0.3, 0.4) is 0 Å². The lowest BCUT2D eigenvalue weighted by Gasteiger charge is -2.08. The van der Waals surface area contributed by atoms with Gasteiger partial charge in [-0.25, -0.2) is 19.9 Å². The normalized spacial score (nSPS) is 10.8. The monoisotopic (exact) mass is 428 g/mol. The maximum Gasteiger partial charge on any atom is 0.151 e. The highest BCUT2D eigenvalue weighted by Crippen LogP contribution is 2.41. The molecule has 2 N–H and O–H groups in total. The van der Waals surface area contributed by atoms with Crippen molar-refractivity contribution in [3.63, 3.8) is 0 Å². The zero-order valence-corrected chi connectivity index (χ0v) is 16.3. The molecule has 0 aliphatic rings. The van der Waals surface area contributed by atoms with E-state index in [0.717, 1.165) is 4.70 Å². The molecule has 0 aliphatic carbocycles. The standard InChI is InChI=1S/C18H10Cl2N6OS/c19-11-3-9(5-21)4-12(20)14(11)18-25-13-1-2-23-17(15(13)28-18)26-16-10(7-27)6-22-8-24-16/h1-4,6,8,27H,7H2,(H,22,23,24,26). The molecule has 0 saturated carbocycles. The number of aliphatic hydroxyl groups is 1. The van der Waals surface area contributed by atoms with Crippen molar-refractivity contribution in [2.24, 2.45) is 0 Å². The van der Waals surface area contributed by atoms with Crippen LogP contribution in [0.5, 0.6) is 0 Å². The number of pyridine rings is 1. The first kappa shape index (κ1) is 18.5. The van der Waals surface area contributed by atoms with Crippen molar-refractivity contribution in [1.29, 1.82) is 5.26 Å². The summed E-state index contributed by atoms with van der Waals surface area (Å²) >= 11 is 14.0. The average Bonchev–Trinajstić information content (AvgIpc) is 3.12. The number of rotatable bonds is 4. The Balaban J connectivity index is 1.81. The first-order chi connectivity index (χ1) is 13.6. The number of aliphatic hydroxyl groups excluding tert-OH is 1. The fraction of sp³-hybridized carbons (Fsp3) is 0.0556. The van der Waals surface area contributed by atoms with Crippen LogP contribution in [0.2, 0.25) is 10.0 Å². The van der Waals surface area contributed by atoms with Gasteiger partial charge in [0.2, 0.25) is 0 Å². The van der Waals surface area contributed by atoms with Crippen molar-refractivity contribution in [3.8, 4) is 16.6 Å². The number of anilines is 2. The number of thiazole rings is 1. The molecule has 3 aromatic heterocycles. The Morgan fingerprint density at radius 1 is 1.18 bits per heavy atom. The largest absolute Gasteiger partial charge is 0.391 e. The summed E-state index contributed by atoms with van der Waals surface area (Å²) in [4.78, 5) is 17.0. The summed E-state index contributed by atoms with van der Waals surface area (Å²) in [5.41, 5.74) is 2.19. The van der Waals surface area contributed by atoms with Crippen molar-refractivity contribution in [2.75, 3.05) is 5.32 Å². The molecule has 0 saturated heterocycles. The summed E-state index contributed by atoms with van der Waals surface area (Å²) in [5.74, 6) is 0.998. The van der Waals surface area contributed by atoms with Crippen molar-refractivity contribution in [3.05, 3.63) is 58.1 Å². The van der Waals surface area contributed by atoms with Gasteiger partial charge < -0.3 is 10.4 Å². The fourth-order valence-corrected chi connectivity index (χ4v) is 4.45. The van der Waals surface area contributed by atoms with Crippen LogP contribution in [0.1, 0.15) is 11.1 Å². The van der Waals surface area contributed by atoms with E-state index in [2.05, 4.69) is 25.3 Å². The Bertz CT molecular complexity index is 1210. The third kappa shape index (κ3) is 3.37. The minimum atomic E-state index is -0.205. The van der Waals surface area contributed by atoms with E-state index in [9.17, 15) is 5.11 Å².